The molecule has 0 radical (unpaired) electrons. The second kappa shape index (κ2) is 8.26. The molecule has 2 aliphatic rings. The Morgan fingerprint density at radius 3 is 2.74 bits per heavy atom. The van der Waals surface area contributed by atoms with Crippen LogP contribution in [-0.4, -0.2) is 97.3 Å². The lowest BCUT2D eigenvalue weighted by molar-refractivity contribution is 0.00293. The molecule has 0 bridgehead atoms. The number of ether oxygens (including phenoxy) is 2. The summed E-state index contributed by atoms with van der Waals surface area (Å²) in [4.78, 5) is 34.5. The first-order valence-electron chi connectivity index (χ1n) is 9.29. The van der Waals surface area contributed by atoms with Crippen molar-refractivity contribution >= 4 is 12.0 Å². The third-order valence-electron chi connectivity index (χ3n) is 5.38. The first-order valence-corrected chi connectivity index (χ1v) is 9.29. The van der Waals surface area contributed by atoms with Crippen LogP contribution in [0.5, 0.6) is 0 Å². The van der Waals surface area contributed by atoms with Crippen LogP contribution in [-0.2, 0) is 9.47 Å². The highest BCUT2D eigenvalue weighted by atomic mass is 16.6. The molecule has 2 saturated heterocycles. The van der Waals surface area contributed by atoms with Crippen LogP contribution >= 0.6 is 0 Å². The minimum absolute atomic E-state index is 0.128. The van der Waals surface area contributed by atoms with Gasteiger partial charge in [0.05, 0.1) is 13.2 Å². The molecule has 9 heteroatoms. The zero-order chi connectivity index (χ0) is 19.4. The molecule has 2 amide bonds. The normalized spacial score (nSPS) is 19.2. The predicted molar refractivity (Wildman–Crippen MR) is 96.5 cm³/mol. The van der Waals surface area contributed by atoms with E-state index >= 15 is 0 Å². The van der Waals surface area contributed by atoms with E-state index in [1.807, 2.05) is 7.05 Å². The minimum atomic E-state index is -0.488. The molecule has 0 aromatic carbocycles. The molecule has 2 fully saturated rings. The Morgan fingerprint density at radius 2 is 2.11 bits per heavy atom. The van der Waals surface area contributed by atoms with Crippen LogP contribution in [0, 0.1) is 6.92 Å². The fraction of sp³-hybridized carbons (Fsp3) is 0.722. The predicted octanol–water partition coefficient (Wildman–Crippen LogP) is 0.988. The van der Waals surface area contributed by atoms with Gasteiger partial charge in [-0.15, -0.1) is 0 Å². The number of oxazole rings is 1. The smallest absolute Gasteiger partial charge is 0.410 e. The quantitative estimate of drug-likeness (QED) is 0.697. The number of carbonyl (C=O) groups excluding carboxylic acids is 2. The van der Waals surface area contributed by atoms with Crippen molar-refractivity contribution in [2.45, 2.75) is 25.4 Å². The number of piperidine rings is 1. The number of hydrogen-bond donors (Lipinski definition) is 0. The van der Waals surface area contributed by atoms with Gasteiger partial charge in [0, 0.05) is 52.7 Å². The fourth-order valence-electron chi connectivity index (χ4n) is 3.55. The Labute approximate surface area is 159 Å². The highest BCUT2D eigenvalue weighted by Gasteiger charge is 2.47. The summed E-state index contributed by atoms with van der Waals surface area (Å²) in [5.74, 6) is 0.397. The van der Waals surface area contributed by atoms with Crippen LogP contribution in [0.15, 0.2) is 10.8 Å². The highest BCUT2D eigenvalue weighted by molar-refractivity contribution is 5.93. The van der Waals surface area contributed by atoms with Gasteiger partial charge in [-0.05, 0) is 14.0 Å². The van der Waals surface area contributed by atoms with E-state index in [1.54, 1.807) is 23.8 Å². The van der Waals surface area contributed by atoms with E-state index in [2.05, 4.69) is 9.88 Å². The molecular formula is C18H28N4O5. The average molecular weight is 380 g/mol. The molecule has 27 heavy (non-hydrogen) atoms. The lowest BCUT2D eigenvalue weighted by Crippen LogP contribution is -2.49. The van der Waals surface area contributed by atoms with Crippen molar-refractivity contribution in [3.8, 4) is 0 Å². The van der Waals surface area contributed by atoms with E-state index in [0.29, 0.717) is 57.1 Å². The fourth-order valence-corrected chi connectivity index (χ4v) is 3.55. The molecule has 0 N–H and O–H groups in total. The Morgan fingerprint density at radius 1 is 1.37 bits per heavy atom. The summed E-state index contributed by atoms with van der Waals surface area (Å²) in [6.45, 7) is 6.27. The van der Waals surface area contributed by atoms with E-state index in [0.717, 1.165) is 13.1 Å². The first kappa shape index (κ1) is 19.6. The first-order chi connectivity index (χ1) is 12.9. The maximum Gasteiger partial charge on any atom is 0.410 e. The lowest BCUT2D eigenvalue weighted by Gasteiger charge is -2.37. The van der Waals surface area contributed by atoms with Gasteiger partial charge in [0.25, 0.3) is 5.91 Å². The van der Waals surface area contributed by atoms with Gasteiger partial charge in [-0.3, -0.25) is 4.79 Å². The second-order valence-corrected chi connectivity index (χ2v) is 7.32. The van der Waals surface area contributed by atoms with Gasteiger partial charge >= 0.3 is 6.09 Å². The average Bonchev–Trinajstić information content (AvgIpc) is 3.21. The van der Waals surface area contributed by atoms with Gasteiger partial charge in [-0.1, -0.05) is 0 Å². The van der Waals surface area contributed by atoms with Crippen LogP contribution in [0.2, 0.25) is 0 Å². The summed E-state index contributed by atoms with van der Waals surface area (Å²) in [5.41, 5.74) is -0.132. The van der Waals surface area contributed by atoms with Gasteiger partial charge in [-0.25, -0.2) is 9.78 Å². The molecule has 1 spiro atoms. The Balaban J connectivity index is 1.50. The third kappa shape index (κ3) is 4.41. The standard InChI is InChI=1S/C18H28N4O5/c1-14-15(19-13-26-14)16(23)21-6-4-18(5-7-21)12-22(17(24)27-18)9-8-20(2)10-11-25-3/h13H,4-12H2,1-3H3. The van der Waals surface area contributed by atoms with Crippen LogP contribution in [0.1, 0.15) is 29.1 Å². The third-order valence-corrected chi connectivity index (χ3v) is 5.38. The number of likely N-dealkylation sites (tertiary alicyclic amines) is 1. The molecule has 2 aliphatic heterocycles. The topological polar surface area (TPSA) is 88.3 Å². The van der Waals surface area contributed by atoms with Gasteiger partial charge in [-0.2, -0.15) is 0 Å². The SMILES string of the molecule is COCCN(C)CCN1CC2(CCN(C(=O)c3ncoc3C)CC2)OC1=O. The zero-order valence-corrected chi connectivity index (χ0v) is 16.3. The number of carbonyl (C=O) groups is 2. The van der Waals surface area contributed by atoms with Crippen molar-refractivity contribution in [1.29, 1.82) is 0 Å². The molecule has 9 nitrogen and oxygen atoms in total. The molecular weight excluding hydrogens is 352 g/mol. The van der Waals surface area contributed by atoms with Gasteiger partial charge in [0.15, 0.2) is 12.1 Å². The molecule has 1 aromatic rings. The van der Waals surface area contributed by atoms with Crippen molar-refractivity contribution < 1.29 is 23.5 Å². The van der Waals surface area contributed by atoms with E-state index in [1.165, 1.54) is 6.39 Å². The van der Waals surface area contributed by atoms with Crippen LogP contribution < -0.4 is 0 Å². The second-order valence-electron chi connectivity index (χ2n) is 7.32. The molecule has 0 atom stereocenters. The number of methoxy groups -OCH3 is 1. The molecule has 0 saturated carbocycles. The van der Waals surface area contributed by atoms with E-state index in [4.69, 9.17) is 13.9 Å². The van der Waals surface area contributed by atoms with Gasteiger partial charge in [0.2, 0.25) is 0 Å². The maximum atomic E-state index is 12.5. The number of aromatic nitrogens is 1. The Hall–Kier alpha value is -2.13. The Bertz CT molecular complexity index is 668. The summed E-state index contributed by atoms with van der Waals surface area (Å²) < 4.78 is 15.9. The number of hydrogen-bond acceptors (Lipinski definition) is 7. The summed E-state index contributed by atoms with van der Waals surface area (Å²) >= 11 is 0. The number of nitrogens with zero attached hydrogens (tertiary/aromatic N) is 4. The minimum Gasteiger partial charge on any atom is -0.448 e. The van der Waals surface area contributed by atoms with Crippen LogP contribution in [0.25, 0.3) is 0 Å². The number of rotatable bonds is 7. The monoisotopic (exact) mass is 380 g/mol. The summed E-state index contributed by atoms with van der Waals surface area (Å²) in [6.07, 6.45) is 2.30. The molecule has 3 rings (SSSR count). The van der Waals surface area contributed by atoms with E-state index in [-0.39, 0.29) is 12.0 Å². The van der Waals surface area contributed by atoms with Crippen LogP contribution in [0.3, 0.4) is 0 Å². The molecule has 150 valence electrons. The number of aryl methyl sites for hydroxylation is 1. The van der Waals surface area contributed by atoms with E-state index < -0.39 is 5.60 Å². The Kier molecular flexibility index (Phi) is 6.01. The van der Waals surface area contributed by atoms with Crippen molar-refractivity contribution in [2.24, 2.45) is 0 Å². The summed E-state index contributed by atoms with van der Waals surface area (Å²) in [5, 5.41) is 0. The molecule has 0 unspecified atom stereocenters. The summed E-state index contributed by atoms with van der Waals surface area (Å²) in [6, 6.07) is 0. The molecule has 3 heterocycles. The molecule has 1 aromatic heterocycles. The summed E-state index contributed by atoms with van der Waals surface area (Å²) in [7, 11) is 3.68. The molecule has 0 aliphatic carbocycles. The number of likely N-dealkylation sites (N-methyl/N-ethyl adjacent to an activating group) is 1. The largest absolute Gasteiger partial charge is 0.448 e. The lowest BCUT2D eigenvalue weighted by atomic mass is 9.91. The number of amides is 2. The van der Waals surface area contributed by atoms with Gasteiger partial charge < -0.3 is 28.6 Å². The van der Waals surface area contributed by atoms with Crippen LogP contribution in [0.4, 0.5) is 4.79 Å². The maximum absolute atomic E-state index is 12.5. The van der Waals surface area contributed by atoms with Crippen molar-refractivity contribution in [3.63, 3.8) is 0 Å². The van der Waals surface area contributed by atoms with Crippen molar-refractivity contribution in [2.75, 3.05) is 60.0 Å². The van der Waals surface area contributed by atoms with E-state index in [9.17, 15) is 9.59 Å². The van der Waals surface area contributed by atoms with Crippen molar-refractivity contribution in [1.82, 2.24) is 19.7 Å². The van der Waals surface area contributed by atoms with Crippen molar-refractivity contribution in [3.05, 3.63) is 17.8 Å². The zero-order valence-electron chi connectivity index (χ0n) is 16.3. The highest BCUT2D eigenvalue weighted by Crippen LogP contribution is 2.33. The van der Waals surface area contributed by atoms with Gasteiger partial charge in [0.1, 0.15) is 11.4 Å².